The van der Waals surface area contributed by atoms with Gasteiger partial charge < -0.3 is 15.3 Å². The van der Waals surface area contributed by atoms with Gasteiger partial charge >= 0.3 is 6.09 Å². The number of hydrogen-bond acceptors (Lipinski definition) is 4. The van der Waals surface area contributed by atoms with Crippen molar-refractivity contribution in [3.05, 3.63) is 39.9 Å². The Morgan fingerprint density at radius 2 is 2.08 bits per heavy atom. The summed E-state index contributed by atoms with van der Waals surface area (Å²) >= 11 is 4.81. The molecule has 2 rings (SSSR count). The number of benzene rings is 1. The van der Waals surface area contributed by atoms with Crippen molar-refractivity contribution < 1.29 is 14.7 Å². The van der Waals surface area contributed by atoms with Crippen LogP contribution in [-0.2, 0) is 0 Å². The molecule has 0 spiro atoms. The van der Waals surface area contributed by atoms with Crippen LogP contribution in [0.1, 0.15) is 31.3 Å². The Morgan fingerprint density at radius 3 is 2.68 bits per heavy atom. The highest BCUT2D eigenvalue weighted by atomic mass is 79.9. The summed E-state index contributed by atoms with van der Waals surface area (Å²) in [5.41, 5.74) is 2.35. The van der Waals surface area contributed by atoms with E-state index in [0.717, 1.165) is 14.9 Å². The zero-order chi connectivity index (χ0) is 18.6. The quantitative estimate of drug-likeness (QED) is 0.755. The minimum absolute atomic E-state index is 0.209. The Labute approximate surface area is 159 Å². The average molecular weight is 426 g/mol. The predicted octanol–water partition coefficient (Wildman–Crippen LogP) is 4.08. The lowest BCUT2D eigenvalue weighted by Gasteiger charge is -2.33. The third-order valence-electron chi connectivity index (χ3n) is 3.53. The fourth-order valence-electron chi connectivity index (χ4n) is 2.33. The van der Waals surface area contributed by atoms with E-state index >= 15 is 0 Å². The van der Waals surface area contributed by atoms with E-state index in [1.165, 1.54) is 16.2 Å². The van der Waals surface area contributed by atoms with Gasteiger partial charge in [0.05, 0.1) is 10.4 Å². The van der Waals surface area contributed by atoms with Crippen LogP contribution in [0.25, 0.3) is 10.4 Å². The molecule has 0 bridgehead atoms. The number of halogens is 1. The van der Waals surface area contributed by atoms with Crippen LogP contribution < -0.4 is 5.32 Å². The van der Waals surface area contributed by atoms with Crippen LogP contribution in [0.15, 0.2) is 34.2 Å². The highest BCUT2D eigenvalue weighted by Gasteiger charge is 2.26. The number of nitrogens with one attached hydrogen (secondary N) is 1. The van der Waals surface area contributed by atoms with Crippen molar-refractivity contribution in [2.45, 2.75) is 26.3 Å². The first-order chi connectivity index (χ1) is 11.7. The Kier molecular flexibility index (Phi) is 6.18. The Bertz CT molecular complexity index is 770. The molecular formula is C17H20BrN3O3S. The molecule has 0 atom stereocenters. The topological polar surface area (TPSA) is 82.5 Å². The largest absolute Gasteiger partial charge is 0.465 e. The summed E-state index contributed by atoms with van der Waals surface area (Å²) < 4.78 is 0.923. The van der Waals surface area contributed by atoms with E-state index < -0.39 is 11.6 Å². The molecule has 6 nitrogen and oxygen atoms in total. The van der Waals surface area contributed by atoms with Gasteiger partial charge in [-0.15, -0.1) is 11.3 Å². The summed E-state index contributed by atoms with van der Waals surface area (Å²) in [7, 11) is 0. The summed E-state index contributed by atoms with van der Waals surface area (Å²) in [6.45, 7) is 5.87. The summed E-state index contributed by atoms with van der Waals surface area (Å²) in [6, 6.07) is 7.66. The van der Waals surface area contributed by atoms with Gasteiger partial charge in [-0.2, -0.15) is 0 Å². The van der Waals surface area contributed by atoms with Gasteiger partial charge in [0.2, 0.25) is 0 Å². The molecular weight excluding hydrogens is 406 g/mol. The molecule has 0 aliphatic carbocycles. The molecule has 2 aromatic rings. The molecule has 0 aliphatic rings. The van der Waals surface area contributed by atoms with Crippen LogP contribution in [0.4, 0.5) is 4.79 Å². The molecule has 0 saturated heterocycles. The van der Waals surface area contributed by atoms with Crippen molar-refractivity contribution in [3.8, 4) is 10.4 Å². The number of nitrogens with zero attached hydrogens (tertiary/aromatic N) is 2. The first-order valence-corrected chi connectivity index (χ1v) is 9.35. The van der Waals surface area contributed by atoms with E-state index in [-0.39, 0.29) is 19.0 Å². The molecule has 0 saturated carbocycles. The molecule has 1 heterocycles. The van der Waals surface area contributed by atoms with E-state index in [0.29, 0.717) is 5.69 Å². The molecule has 1 aromatic carbocycles. The van der Waals surface area contributed by atoms with Gasteiger partial charge in [0.1, 0.15) is 5.69 Å². The number of thiazole rings is 1. The molecule has 2 amide bonds. The van der Waals surface area contributed by atoms with Gasteiger partial charge in [-0.3, -0.25) is 4.79 Å². The maximum atomic E-state index is 12.4. The summed E-state index contributed by atoms with van der Waals surface area (Å²) in [5.74, 6) is -0.310. The third kappa shape index (κ3) is 5.02. The maximum absolute atomic E-state index is 12.4. The zero-order valence-corrected chi connectivity index (χ0v) is 16.6. The highest BCUT2D eigenvalue weighted by Crippen LogP contribution is 2.29. The van der Waals surface area contributed by atoms with Gasteiger partial charge in [0, 0.05) is 23.1 Å². The second kappa shape index (κ2) is 7.97. The minimum atomic E-state index is -1.01. The second-order valence-electron chi connectivity index (χ2n) is 6.40. The van der Waals surface area contributed by atoms with E-state index in [1.807, 2.05) is 45.0 Å². The molecule has 2 N–H and O–H groups in total. The van der Waals surface area contributed by atoms with Gasteiger partial charge in [0.25, 0.3) is 5.91 Å². The van der Waals surface area contributed by atoms with Crippen LogP contribution >= 0.6 is 27.3 Å². The Hall–Kier alpha value is -1.93. The number of aromatic nitrogens is 1. The SMILES string of the molecule is CC(C)(C)N(CCNC(=O)c1ncsc1-c1cccc(Br)c1)C(=O)O. The summed E-state index contributed by atoms with van der Waals surface area (Å²) in [5, 5.41) is 12.0. The van der Waals surface area contributed by atoms with Gasteiger partial charge in [-0.05, 0) is 38.5 Å². The first-order valence-electron chi connectivity index (χ1n) is 7.68. The molecule has 0 radical (unpaired) electrons. The minimum Gasteiger partial charge on any atom is -0.465 e. The third-order valence-corrected chi connectivity index (χ3v) is 4.90. The molecule has 25 heavy (non-hydrogen) atoms. The number of carbonyl (C=O) groups excluding carboxylic acids is 1. The summed E-state index contributed by atoms with van der Waals surface area (Å²) in [6.07, 6.45) is -1.01. The van der Waals surface area contributed by atoms with Crippen LogP contribution in [0.5, 0.6) is 0 Å². The molecule has 1 aromatic heterocycles. The number of carbonyl (C=O) groups is 2. The number of carboxylic acid groups (broad SMARTS) is 1. The van der Waals surface area contributed by atoms with Crippen LogP contribution in [0.2, 0.25) is 0 Å². The average Bonchev–Trinajstić information content (AvgIpc) is 2.99. The number of amides is 2. The van der Waals surface area contributed by atoms with Crippen LogP contribution in [-0.4, -0.2) is 45.6 Å². The van der Waals surface area contributed by atoms with Crippen LogP contribution in [0, 0.1) is 0 Å². The Balaban J connectivity index is 2.06. The van der Waals surface area contributed by atoms with E-state index in [4.69, 9.17) is 0 Å². The van der Waals surface area contributed by atoms with Crippen molar-refractivity contribution in [1.29, 1.82) is 0 Å². The highest BCUT2D eigenvalue weighted by molar-refractivity contribution is 9.10. The normalized spacial score (nSPS) is 11.2. The van der Waals surface area contributed by atoms with E-state index in [1.54, 1.807) is 5.51 Å². The lowest BCUT2D eigenvalue weighted by molar-refractivity contribution is 0.0889. The monoisotopic (exact) mass is 425 g/mol. The smallest absolute Gasteiger partial charge is 0.407 e. The van der Waals surface area contributed by atoms with Gasteiger partial charge in [-0.25, -0.2) is 9.78 Å². The molecule has 0 aliphatic heterocycles. The van der Waals surface area contributed by atoms with E-state index in [9.17, 15) is 14.7 Å². The Morgan fingerprint density at radius 1 is 1.36 bits per heavy atom. The maximum Gasteiger partial charge on any atom is 0.407 e. The molecule has 0 unspecified atom stereocenters. The molecule has 8 heteroatoms. The van der Waals surface area contributed by atoms with E-state index in [2.05, 4.69) is 26.2 Å². The predicted molar refractivity (Wildman–Crippen MR) is 102 cm³/mol. The number of rotatable bonds is 5. The number of hydrogen-bond donors (Lipinski definition) is 2. The first kappa shape index (κ1) is 19.4. The van der Waals surface area contributed by atoms with Crippen LogP contribution in [0.3, 0.4) is 0 Å². The van der Waals surface area contributed by atoms with Crippen molar-refractivity contribution in [3.63, 3.8) is 0 Å². The molecule has 134 valence electrons. The summed E-state index contributed by atoms with van der Waals surface area (Å²) in [4.78, 5) is 30.0. The fourth-order valence-corrected chi connectivity index (χ4v) is 3.51. The van der Waals surface area contributed by atoms with Crippen molar-refractivity contribution in [2.24, 2.45) is 0 Å². The standard InChI is InChI=1S/C17H20BrN3O3S/c1-17(2,3)21(16(23)24)8-7-19-15(22)13-14(25-10-20-13)11-5-4-6-12(18)9-11/h4-6,9-10H,7-8H2,1-3H3,(H,19,22)(H,23,24). The van der Waals surface area contributed by atoms with Gasteiger partial charge in [0.15, 0.2) is 0 Å². The van der Waals surface area contributed by atoms with Crippen molar-refractivity contribution in [1.82, 2.24) is 15.2 Å². The van der Waals surface area contributed by atoms with Crippen molar-refractivity contribution in [2.75, 3.05) is 13.1 Å². The lowest BCUT2D eigenvalue weighted by atomic mass is 10.1. The van der Waals surface area contributed by atoms with Crippen molar-refractivity contribution >= 4 is 39.3 Å². The fraction of sp³-hybridized carbons (Fsp3) is 0.353. The lowest BCUT2D eigenvalue weighted by Crippen LogP contribution is -2.48. The molecule has 0 fully saturated rings. The van der Waals surface area contributed by atoms with Gasteiger partial charge in [-0.1, -0.05) is 28.1 Å². The second-order valence-corrected chi connectivity index (χ2v) is 8.17. The zero-order valence-electron chi connectivity index (χ0n) is 14.2.